The average molecular weight is 190 g/mol. The van der Waals surface area contributed by atoms with Crippen LogP contribution in [0.2, 0.25) is 0 Å². The molecule has 0 radical (unpaired) electrons. The van der Waals surface area contributed by atoms with Crippen LogP contribution < -0.4 is 0 Å². The summed E-state index contributed by atoms with van der Waals surface area (Å²) in [5.74, 6) is 1.36. The summed E-state index contributed by atoms with van der Waals surface area (Å²) in [6.45, 7) is 6.90. The van der Waals surface area contributed by atoms with Gasteiger partial charge in [0.1, 0.15) is 0 Å². The smallest absolute Gasteiger partial charge is 0.163 e. The quantitative estimate of drug-likeness (QED) is 0.679. The normalized spacial score (nSPS) is 30.5. The highest BCUT2D eigenvalue weighted by Gasteiger charge is 2.35. The van der Waals surface area contributed by atoms with Crippen molar-refractivity contribution in [2.24, 2.45) is 5.92 Å². The maximum atomic E-state index is 5.73. The first-order chi connectivity index (χ1) is 5.55. The van der Waals surface area contributed by atoms with E-state index in [-0.39, 0.29) is 11.9 Å². The largest absolute Gasteiger partial charge is 0.348 e. The molecule has 72 valence electrons. The summed E-state index contributed by atoms with van der Waals surface area (Å²) < 4.78 is 11.2. The van der Waals surface area contributed by atoms with E-state index in [4.69, 9.17) is 9.47 Å². The van der Waals surface area contributed by atoms with Crippen LogP contribution in [0, 0.1) is 5.92 Å². The molecule has 0 aromatic carbocycles. The van der Waals surface area contributed by atoms with Gasteiger partial charge in [-0.05, 0) is 31.8 Å². The highest BCUT2D eigenvalue weighted by molar-refractivity contribution is 7.98. The van der Waals surface area contributed by atoms with Crippen LogP contribution >= 0.6 is 11.8 Å². The van der Waals surface area contributed by atoms with Crippen molar-refractivity contribution in [1.82, 2.24) is 0 Å². The summed E-state index contributed by atoms with van der Waals surface area (Å²) in [6.07, 6.45) is 2.41. The third-order valence-electron chi connectivity index (χ3n) is 2.09. The summed E-state index contributed by atoms with van der Waals surface area (Å²) in [7, 11) is 0. The molecule has 1 heterocycles. The van der Waals surface area contributed by atoms with Crippen LogP contribution in [0.4, 0.5) is 0 Å². The van der Waals surface area contributed by atoms with Crippen LogP contribution in [0.5, 0.6) is 0 Å². The lowest BCUT2D eigenvalue weighted by molar-refractivity contribution is -0.142. The summed E-state index contributed by atoms with van der Waals surface area (Å²) in [5, 5.41) is 0. The molecule has 2 atom stereocenters. The van der Waals surface area contributed by atoms with E-state index in [0.717, 1.165) is 12.4 Å². The summed E-state index contributed by atoms with van der Waals surface area (Å²) >= 11 is 1.86. The van der Waals surface area contributed by atoms with Gasteiger partial charge in [-0.25, -0.2) is 0 Å². The monoisotopic (exact) mass is 190 g/mol. The Morgan fingerprint density at radius 2 is 2.25 bits per heavy atom. The van der Waals surface area contributed by atoms with Crippen molar-refractivity contribution in [2.45, 2.75) is 32.7 Å². The lowest BCUT2D eigenvalue weighted by Crippen LogP contribution is -2.26. The third-order valence-corrected chi connectivity index (χ3v) is 2.95. The van der Waals surface area contributed by atoms with Crippen molar-refractivity contribution in [1.29, 1.82) is 0 Å². The van der Waals surface area contributed by atoms with E-state index in [9.17, 15) is 0 Å². The number of hydrogen-bond acceptors (Lipinski definition) is 3. The molecule has 0 aliphatic carbocycles. The van der Waals surface area contributed by atoms with Crippen molar-refractivity contribution in [3.05, 3.63) is 0 Å². The Bertz CT molecular complexity index is 147. The van der Waals surface area contributed by atoms with E-state index in [1.54, 1.807) is 0 Å². The minimum Gasteiger partial charge on any atom is -0.348 e. The van der Waals surface area contributed by atoms with Crippen LogP contribution in [-0.2, 0) is 9.47 Å². The van der Waals surface area contributed by atoms with Gasteiger partial charge in [0.15, 0.2) is 5.79 Å². The van der Waals surface area contributed by atoms with E-state index in [1.165, 1.54) is 0 Å². The van der Waals surface area contributed by atoms with Crippen molar-refractivity contribution in [2.75, 3.05) is 18.6 Å². The van der Waals surface area contributed by atoms with Gasteiger partial charge in [-0.1, -0.05) is 6.92 Å². The van der Waals surface area contributed by atoms with Crippen LogP contribution in [0.1, 0.15) is 20.8 Å². The fourth-order valence-electron chi connectivity index (χ4n) is 1.37. The molecule has 0 saturated carbocycles. The fraction of sp³-hybridized carbons (Fsp3) is 1.00. The molecule has 1 aliphatic heterocycles. The van der Waals surface area contributed by atoms with Crippen LogP contribution in [0.15, 0.2) is 0 Å². The number of thioether (sulfide) groups is 1. The van der Waals surface area contributed by atoms with Crippen molar-refractivity contribution < 1.29 is 9.47 Å². The first-order valence-electron chi connectivity index (χ1n) is 4.36. The Hall–Kier alpha value is 0.270. The maximum Gasteiger partial charge on any atom is 0.163 e. The van der Waals surface area contributed by atoms with Gasteiger partial charge in [-0.2, -0.15) is 11.8 Å². The molecule has 3 heteroatoms. The van der Waals surface area contributed by atoms with Gasteiger partial charge in [0.25, 0.3) is 0 Å². The van der Waals surface area contributed by atoms with Gasteiger partial charge in [0.05, 0.1) is 12.7 Å². The summed E-state index contributed by atoms with van der Waals surface area (Å²) in [6, 6.07) is 0. The van der Waals surface area contributed by atoms with Gasteiger partial charge in [-0.15, -0.1) is 0 Å². The zero-order chi connectivity index (χ0) is 9.19. The molecule has 2 nitrogen and oxygen atoms in total. The van der Waals surface area contributed by atoms with Crippen LogP contribution in [-0.4, -0.2) is 30.5 Å². The molecule has 1 aliphatic rings. The topological polar surface area (TPSA) is 18.5 Å². The van der Waals surface area contributed by atoms with Gasteiger partial charge in [-0.3, -0.25) is 0 Å². The van der Waals surface area contributed by atoms with E-state index < -0.39 is 0 Å². The molecular weight excluding hydrogens is 172 g/mol. The SMILES string of the molecule is CSC[C@@H](C)[C@@H]1COC(C)(C)O1. The highest BCUT2D eigenvalue weighted by atomic mass is 32.2. The highest BCUT2D eigenvalue weighted by Crippen LogP contribution is 2.27. The Kier molecular flexibility index (Phi) is 3.44. The first-order valence-corrected chi connectivity index (χ1v) is 5.75. The predicted molar refractivity (Wildman–Crippen MR) is 52.5 cm³/mol. The molecule has 0 amide bonds. The van der Waals surface area contributed by atoms with Crippen molar-refractivity contribution >= 4 is 11.8 Å². The van der Waals surface area contributed by atoms with E-state index >= 15 is 0 Å². The van der Waals surface area contributed by atoms with Gasteiger partial charge in [0.2, 0.25) is 0 Å². The Labute approximate surface area is 79.0 Å². The van der Waals surface area contributed by atoms with Crippen molar-refractivity contribution in [3.63, 3.8) is 0 Å². The lowest BCUT2D eigenvalue weighted by atomic mass is 10.1. The number of hydrogen-bond donors (Lipinski definition) is 0. The van der Waals surface area contributed by atoms with Crippen molar-refractivity contribution in [3.8, 4) is 0 Å². The maximum absolute atomic E-state index is 5.73. The zero-order valence-electron chi connectivity index (χ0n) is 8.29. The Morgan fingerprint density at radius 1 is 1.58 bits per heavy atom. The van der Waals surface area contributed by atoms with E-state index in [2.05, 4.69) is 13.2 Å². The second-order valence-electron chi connectivity index (χ2n) is 3.80. The molecule has 0 aromatic rings. The molecule has 0 unspecified atom stereocenters. The predicted octanol–water partition coefficient (Wildman–Crippen LogP) is 2.14. The standard InChI is InChI=1S/C9H18O2S/c1-7(6-12-4)8-5-10-9(2,3)11-8/h7-8H,5-6H2,1-4H3/t7-,8+/m1/s1. The lowest BCUT2D eigenvalue weighted by Gasteiger charge is -2.20. The van der Waals surface area contributed by atoms with E-state index in [1.807, 2.05) is 25.6 Å². The zero-order valence-corrected chi connectivity index (χ0v) is 9.11. The van der Waals surface area contributed by atoms with E-state index in [0.29, 0.717) is 5.92 Å². The number of ether oxygens (including phenoxy) is 2. The van der Waals surface area contributed by atoms with Crippen LogP contribution in [0.25, 0.3) is 0 Å². The second kappa shape index (κ2) is 3.99. The molecule has 1 saturated heterocycles. The molecule has 0 aromatic heterocycles. The second-order valence-corrected chi connectivity index (χ2v) is 4.71. The molecule has 1 fully saturated rings. The van der Waals surface area contributed by atoms with Crippen LogP contribution in [0.3, 0.4) is 0 Å². The summed E-state index contributed by atoms with van der Waals surface area (Å²) in [5.41, 5.74) is 0. The Morgan fingerprint density at radius 3 is 2.67 bits per heavy atom. The molecule has 12 heavy (non-hydrogen) atoms. The number of rotatable bonds is 3. The third kappa shape index (κ3) is 2.64. The average Bonchev–Trinajstić information content (AvgIpc) is 2.31. The molecule has 0 bridgehead atoms. The minimum atomic E-state index is -0.364. The molecular formula is C9H18O2S. The molecule has 1 rings (SSSR count). The first kappa shape index (κ1) is 10.4. The van der Waals surface area contributed by atoms with Gasteiger partial charge in [0, 0.05) is 0 Å². The Balaban J connectivity index is 2.36. The van der Waals surface area contributed by atoms with Gasteiger partial charge >= 0.3 is 0 Å². The van der Waals surface area contributed by atoms with Gasteiger partial charge < -0.3 is 9.47 Å². The summed E-state index contributed by atoms with van der Waals surface area (Å²) in [4.78, 5) is 0. The minimum absolute atomic E-state index is 0.285. The fourth-order valence-corrected chi connectivity index (χ4v) is 2.11. The molecule has 0 spiro atoms. The molecule has 0 N–H and O–H groups in total.